The van der Waals surface area contributed by atoms with Crippen LogP contribution in [0.15, 0.2) is 11.1 Å². The quantitative estimate of drug-likeness (QED) is 0.616. The van der Waals surface area contributed by atoms with Crippen molar-refractivity contribution in [3.63, 3.8) is 0 Å². The molecule has 0 bridgehead atoms. The summed E-state index contributed by atoms with van der Waals surface area (Å²) in [4.78, 5) is 0. The minimum absolute atomic E-state index is 0.117. The molecule has 0 aliphatic heterocycles. The van der Waals surface area contributed by atoms with E-state index in [9.17, 15) is 0 Å². The smallest absolute Gasteiger partial charge is 0.0660 e. The lowest BCUT2D eigenvalue weighted by molar-refractivity contribution is 0.688. The van der Waals surface area contributed by atoms with Crippen LogP contribution in [0.2, 0.25) is 0 Å². The summed E-state index contributed by atoms with van der Waals surface area (Å²) in [5.74, 6) is 2.56. The van der Waals surface area contributed by atoms with E-state index in [0.29, 0.717) is 0 Å². The van der Waals surface area contributed by atoms with Crippen molar-refractivity contribution in [2.45, 2.75) is 19.9 Å². The first-order valence-electron chi connectivity index (χ1n) is 3.16. The van der Waals surface area contributed by atoms with Crippen LogP contribution < -0.4 is 5.32 Å². The van der Waals surface area contributed by atoms with Crippen LogP contribution in [-0.2, 0) is 0 Å². The molecule has 56 valence electrons. The molecule has 10 heavy (non-hydrogen) atoms. The van der Waals surface area contributed by atoms with Crippen molar-refractivity contribution in [2.75, 3.05) is 6.54 Å². The van der Waals surface area contributed by atoms with Crippen LogP contribution in [0.3, 0.4) is 0 Å². The summed E-state index contributed by atoms with van der Waals surface area (Å²) in [6, 6.07) is 0.117. The Labute approximate surface area is 67.5 Å². The second kappa shape index (κ2) is 5.34. The first-order valence-corrected chi connectivity index (χ1v) is 3.59. The van der Waals surface area contributed by atoms with E-state index in [1.165, 1.54) is 0 Å². The third kappa shape index (κ3) is 4.43. The summed E-state index contributed by atoms with van der Waals surface area (Å²) in [6.07, 6.45) is 5.13. The molecule has 0 fully saturated rings. The Morgan fingerprint density at radius 3 is 2.90 bits per heavy atom. The van der Waals surface area contributed by atoms with Gasteiger partial charge in [-0.25, -0.2) is 0 Å². The molecular weight excluding hydrogens is 146 g/mol. The van der Waals surface area contributed by atoms with Gasteiger partial charge in [-0.1, -0.05) is 17.5 Å². The van der Waals surface area contributed by atoms with Crippen molar-refractivity contribution in [3.05, 3.63) is 11.1 Å². The Kier molecular flexibility index (Phi) is 5.10. The number of rotatable bonds is 3. The molecule has 0 saturated carbocycles. The first kappa shape index (κ1) is 9.55. The molecule has 1 atom stereocenters. The van der Waals surface area contributed by atoms with E-state index in [1.54, 1.807) is 5.54 Å². The number of terminal acetylenes is 1. The second-order valence-corrected chi connectivity index (χ2v) is 2.44. The van der Waals surface area contributed by atoms with Gasteiger partial charge in [-0.3, -0.25) is 0 Å². The normalized spacial score (nSPS) is 14.4. The molecule has 0 aliphatic rings. The van der Waals surface area contributed by atoms with Crippen LogP contribution in [0.25, 0.3) is 0 Å². The maximum atomic E-state index is 5.42. The zero-order valence-electron chi connectivity index (χ0n) is 6.32. The summed E-state index contributed by atoms with van der Waals surface area (Å²) < 4.78 is 0. The van der Waals surface area contributed by atoms with Gasteiger partial charge >= 0.3 is 0 Å². The van der Waals surface area contributed by atoms with E-state index < -0.39 is 0 Å². The van der Waals surface area contributed by atoms with Gasteiger partial charge in [-0.05, 0) is 19.4 Å². The molecule has 0 radical (unpaired) electrons. The molecule has 0 spiro atoms. The highest BCUT2D eigenvalue weighted by molar-refractivity contribution is 6.25. The highest BCUT2D eigenvalue weighted by atomic mass is 35.5. The van der Waals surface area contributed by atoms with Gasteiger partial charge in [0.15, 0.2) is 0 Å². The largest absolute Gasteiger partial charge is 0.300 e. The zero-order valence-corrected chi connectivity index (χ0v) is 7.07. The van der Waals surface area contributed by atoms with Crippen LogP contribution in [0.5, 0.6) is 0 Å². The van der Waals surface area contributed by atoms with Crippen molar-refractivity contribution < 1.29 is 0 Å². The zero-order chi connectivity index (χ0) is 7.98. The average Bonchev–Trinajstić information content (AvgIpc) is 1.99. The summed E-state index contributed by atoms with van der Waals surface area (Å²) in [5.41, 5.74) is 2.64. The lowest BCUT2D eigenvalue weighted by atomic mass is 10.3. The fourth-order valence-corrected chi connectivity index (χ4v) is 0.489. The van der Waals surface area contributed by atoms with E-state index in [-0.39, 0.29) is 6.04 Å². The van der Waals surface area contributed by atoms with E-state index in [4.69, 9.17) is 18.0 Å². The number of nitrogens with one attached hydrogen (secondary N) is 1. The van der Waals surface area contributed by atoms with Crippen LogP contribution in [-0.4, -0.2) is 12.6 Å². The molecule has 1 N–H and O–H groups in total. The second-order valence-electron chi connectivity index (χ2n) is 2.22. The van der Waals surface area contributed by atoms with Crippen molar-refractivity contribution in [2.24, 2.45) is 0 Å². The Morgan fingerprint density at radius 1 is 1.90 bits per heavy atom. The maximum absolute atomic E-state index is 5.42. The molecule has 0 aromatic rings. The fraction of sp³-hybridized carbons (Fsp3) is 0.500. The third-order valence-corrected chi connectivity index (χ3v) is 1.50. The predicted octanol–water partition coefficient (Wildman–Crippen LogP) is 1.74. The molecule has 0 saturated heterocycles. The fourth-order valence-electron chi connectivity index (χ4n) is 0.412. The van der Waals surface area contributed by atoms with E-state index >= 15 is 0 Å². The van der Waals surface area contributed by atoms with Crippen LogP contribution >= 0.6 is 11.6 Å². The van der Waals surface area contributed by atoms with E-state index in [1.807, 2.05) is 13.8 Å². The number of hydrogen-bond acceptors (Lipinski definition) is 1. The Morgan fingerprint density at radius 2 is 2.50 bits per heavy atom. The molecule has 0 aromatic carbocycles. The molecule has 0 aliphatic carbocycles. The van der Waals surface area contributed by atoms with Crippen molar-refractivity contribution in [1.29, 1.82) is 0 Å². The predicted molar refractivity (Wildman–Crippen MR) is 45.9 cm³/mol. The summed E-state index contributed by atoms with van der Waals surface area (Å²) in [6.45, 7) is 4.64. The minimum Gasteiger partial charge on any atom is -0.300 e. The molecule has 0 heterocycles. The van der Waals surface area contributed by atoms with Crippen LogP contribution in [0, 0.1) is 12.3 Å². The molecule has 0 rings (SSSR count). The maximum Gasteiger partial charge on any atom is 0.0660 e. The molecule has 0 amide bonds. The van der Waals surface area contributed by atoms with Gasteiger partial charge in [0, 0.05) is 12.1 Å². The van der Waals surface area contributed by atoms with Gasteiger partial charge in [0.1, 0.15) is 0 Å². The van der Waals surface area contributed by atoms with Crippen LogP contribution in [0.4, 0.5) is 0 Å². The lowest BCUT2D eigenvalue weighted by Crippen LogP contribution is -2.25. The number of hydrogen-bond donors (Lipinski definition) is 1. The van der Waals surface area contributed by atoms with Gasteiger partial charge in [0.25, 0.3) is 0 Å². The van der Waals surface area contributed by atoms with Crippen LogP contribution in [0.1, 0.15) is 13.8 Å². The Hall–Kier alpha value is -0.450. The van der Waals surface area contributed by atoms with Crippen molar-refractivity contribution in [3.8, 4) is 12.3 Å². The summed E-state index contributed by atoms with van der Waals surface area (Å²) >= 11 is 5.42. The van der Waals surface area contributed by atoms with Crippen molar-refractivity contribution >= 4 is 11.6 Å². The molecule has 1 unspecified atom stereocenters. The highest BCUT2D eigenvalue weighted by Gasteiger charge is 1.93. The average molecular weight is 158 g/mol. The van der Waals surface area contributed by atoms with E-state index in [2.05, 4.69) is 11.2 Å². The lowest BCUT2D eigenvalue weighted by Gasteiger charge is -2.05. The summed E-state index contributed by atoms with van der Waals surface area (Å²) in [7, 11) is 0. The molecule has 2 heteroatoms. The molecule has 0 aromatic heterocycles. The van der Waals surface area contributed by atoms with Gasteiger partial charge < -0.3 is 5.32 Å². The van der Waals surface area contributed by atoms with Crippen molar-refractivity contribution in [1.82, 2.24) is 5.32 Å². The monoisotopic (exact) mass is 157 g/mol. The number of halogens is 1. The minimum atomic E-state index is 0.117. The van der Waals surface area contributed by atoms with Gasteiger partial charge in [-0.15, -0.1) is 6.42 Å². The Bertz CT molecular complexity index is 155. The molecular formula is C8H12ClN. The third-order valence-electron chi connectivity index (χ3n) is 1.12. The molecule has 1 nitrogen and oxygen atoms in total. The highest BCUT2D eigenvalue weighted by Crippen LogP contribution is 1.92. The van der Waals surface area contributed by atoms with Gasteiger partial charge in [0.05, 0.1) is 6.04 Å². The topological polar surface area (TPSA) is 12.0 Å². The Balaban J connectivity index is 3.47. The van der Waals surface area contributed by atoms with Gasteiger partial charge in [-0.2, -0.15) is 0 Å². The standard InChI is InChI=1S/C8H12ClN/c1-4-8(3)10-6-7(2)5-9/h1,5,8,10H,6H2,2-3H3/b7-5+. The first-order chi connectivity index (χ1) is 4.70. The summed E-state index contributed by atoms with van der Waals surface area (Å²) in [5, 5.41) is 3.09. The van der Waals surface area contributed by atoms with E-state index in [0.717, 1.165) is 12.1 Å². The SMILES string of the molecule is C#CC(C)NC/C(C)=C/Cl. The van der Waals surface area contributed by atoms with Gasteiger partial charge in [0.2, 0.25) is 0 Å².